The largest absolute Gasteiger partial charge is 0.417 e. The first-order chi connectivity index (χ1) is 11.4. The Kier molecular flexibility index (Phi) is 5.49. The van der Waals surface area contributed by atoms with Crippen LogP contribution < -0.4 is 10.1 Å². The van der Waals surface area contributed by atoms with Crippen LogP contribution in [0.25, 0.3) is 0 Å². The molecule has 0 aliphatic heterocycles. The van der Waals surface area contributed by atoms with Crippen LogP contribution in [0.4, 0.5) is 16.2 Å². The summed E-state index contributed by atoms with van der Waals surface area (Å²) in [7, 11) is 0. The number of ether oxygens (including phenoxy) is 1. The Morgan fingerprint density at radius 1 is 1.21 bits per heavy atom. The van der Waals surface area contributed by atoms with E-state index < -0.39 is 11.0 Å². The van der Waals surface area contributed by atoms with Crippen LogP contribution in [0.15, 0.2) is 42.5 Å². The minimum atomic E-state index is -0.894. The average Bonchev–Trinajstić information content (AvgIpc) is 2.56. The third kappa shape index (κ3) is 4.30. The molecule has 0 fully saturated rings. The highest BCUT2D eigenvalue weighted by Gasteiger charge is 2.17. The number of carbonyl (C=O) groups excluding carboxylic acids is 2. The minimum Gasteiger partial charge on any atom is -0.410 e. The predicted octanol–water partition coefficient (Wildman–Crippen LogP) is 4.45. The molecule has 0 spiro atoms. The van der Waals surface area contributed by atoms with E-state index >= 15 is 0 Å². The van der Waals surface area contributed by atoms with Gasteiger partial charge in [0.2, 0.25) is 0 Å². The molecule has 0 aromatic heterocycles. The Labute approximate surface area is 142 Å². The predicted molar refractivity (Wildman–Crippen MR) is 88.8 cm³/mol. The maximum absolute atomic E-state index is 11.9. The van der Waals surface area contributed by atoms with Gasteiger partial charge in [0.05, 0.1) is 4.92 Å². The van der Waals surface area contributed by atoms with Crippen molar-refractivity contribution in [1.29, 1.82) is 0 Å². The zero-order valence-electron chi connectivity index (χ0n) is 12.6. The lowest BCUT2D eigenvalue weighted by molar-refractivity contribution is -0.383. The zero-order valence-corrected chi connectivity index (χ0v) is 13.4. The Morgan fingerprint density at radius 3 is 2.46 bits per heavy atom. The molecule has 7 nitrogen and oxygen atoms in total. The van der Waals surface area contributed by atoms with Gasteiger partial charge in [0.1, 0.15) is 11.4 Å². The minimum absolute atomic E-state index is 0.0252. The fourth-order valence-electron chi connectivity index (χ4n) is 1.92. The van der Waals surface area contributed by atoms with Crippen molar-refractivity contribution >= 4 is 34.9 Å². The van der Waals surface area contributed by atoms with Crippen LogP contribution in [0.3, 0.4) is 0 Å². The maximum atomic E-state index is 11.9. The van der Waals surface area contributed by atoms with Gasteiger partial charge in [0.15, 0.2) is 5.78 Å². The second kappa shape index (κ2) is 7.56. The highest BCUT2D eigenvalue weighted by Crippen LogP contribution is 2.28. The first kappa shape index (κ1) is 17.4. The van der Waals surface area contributed by atoms with E-state index in [-0.39, 0.29) is 27.9 Å². The summed E-state index contributed by atoms with van der Waals surface area (Å²) < 4.78 is 5.03. The van der Waals surface area contributed by atoms with Crippen molar-refractivity contribution in [3.8, 4) is 5.75 Å². The van der Waals surface area contributed by atoms with Crippen LogP contribution in [-0.4, -0.2) is 16.8 Å². The number of benzene rings is 2. The van der Waals surface area contributed by atoms with E-state index in [1.807, 2.05) is 0 Å². The number of nitrogens with one attached hydrogen (secondary N) is 1. The van der Waals surface area contributed by atoms with Crippen LogP contribution in [-0.2, 0) is 0 Å². The van der Waals surface area contributed by atoms with Gasteiger partial charge in [-0.15, -0.1) is 0 Å². The van der Waals surface area contributed by atoms with Gasteiger partial charge in [-0.2, -0.15) is 0 Å². The van der Waals surface area contributed by atoms with Crippen molar-refractivity contribution in [2.24, 2.45) is 0 Å². The van der Waals surface area contributed by atoms with Gasteiger partial charge in [-0.3, -0.25) is 20.2 Å². The first-order valence-electron chi connectivity index (χ1n) is 6.96. The summed E-state index contributed by atoms with van der Waals surface area (Å²) in [5.74, 6) is 0.180. The van der Waals surface area contributed by atoms with E-state index in [9.17, 15) is 19.7 Å². The lowest BCUT2D eigenvalue weighted by atomic mass is 10.1. The number of nitro groups is 1. The summed E-state index contributed by atoms with van der Waals surface area (Å²) in [6, 6.07) is 9.87. The van der Waals surface area contributed by atoms with Crippen LogP contribution >= 0.6 is 11.6 Å². The zero-order chi connectivity index (χ0) is 17.7. The van der Waals surface area contributed by atoms with Gasteiger partial charge in [-0.1, -0.05) is 18.5 Å². The van der Waals surface area contributed by atoms with Gasteiger partial charge < -0.3 is 4.74 Å². The normalized spacial score (nSPS) is 10.1. The van der Waals surface area contributed by atoms with E-state index in [1.165, 1.54) is 24.3 Å². The molecule has 0 saturated heterocycles. The van der Waals surface area contributed by atoms with Gasteiger partial charge in [0, 0.05) is 23.1 Å². The molecule has 0 radical (unpaired) electrons. The number of nitrogens with zero attached hydrogens (tertiary/aromatic N) is 1. The number of hydrogen-bond donors (Lipinski definition) is 1. The molecule has 0 aliphatic rings. The van der Waals surface area contributed by atoms with Crippen molar-refractivity contribution in [3.05, 3.63) is 63.2 Å². The van der Waals surface area contributed by atoms with Gasteiger partial charge in [-0.25, -0.2) is 4.79 Å². The quantitative estimate of drug-likeness (QED) is 0.489. The second-order valence-electron chi connectivity index (χ2n) is 4.73. The number of halogens is 1. The second-order valence-corrected chi connectivity index (χ2v) is 5.17. The number of Topliss-reactive ketones (excluding diaryl/α,β-unsaturated/α-hetero) is 1. The molecule has 1 N–H and O–H groups in total. The molecule has 2 aromatic carbocycles. The molecular weight excluding hydrogens is 336 g/mol. The molecule has 0 atom stereocenters. The molecular formula is C16H13ClN2O5. The van der Waals surface area contributed by atoms with Crippen LogP contribution in [0.1, 0.15) is 23.7 Å². The fourth-order valence-corrected chi connectivity index (χ4v) is 2.08. The topological polar surface area (TPSA) is 98.5 Å². The van der Waals surface area contributed by atoms with E-state index in [4.69, 9.17) is 16.3 Å². The smallest absolute Gasteiger partial charge is 0.410 e. The first-order valence-corrected chi connectivity index (χ1v) is 7.34. The summed E-state index contributed by atoms with van der Waals surface area (Å²) in [5.41, 5.74) is 0.133. The standard InChI is InChI=1S/C16H13ClN2O5/c1-2-15(20)10-3-6-12(7-4-10)24-16(21)18-13-8-5-11(17)9-14(13)19(22)23/h3-9H,2H2,1H3,(H,18,21). The highest BCUT2D eigenvalue weighted by molar-refractivity contribution is 6.31. The van der Waals surface area contributed by atoms with Crippen molar-refractivity contribution in [1.82, 2.24) is 0 Å². The van der Waals surface area contributed by atoms with Crippen LogP contribution in [0, 0.1) is 10.1 Å². The summed E-state index contributed by atoms with van der Waals surface area (Å²) >= 11 is 5.70. The third-order valence-corrected chi connectivity index (χ3v) is 3.34. The molecule has 0 unspecified atom stereocenters. The molecule has 0 heterocycles. The Morgan fingerprint density at radius 2 is 1.88 bits per heavy atom. The number of carbonyl (C=O) groups is 2. The highest BCUT2D eigenvalue weighted by atomic mass is 35.5. The van der Waals surface area contributed by atoms with Crippen molar-refractivity contribution in [3.63, 3.8) is 0 Å². The Bertz CT molecular complexity index is 790. The number of nitro benzene ring substituents is 1. The molecule has 2 aromatic rings. The SMILES string of the molecule is CCC(=O)c1ccc(OC(=O)Nc2ccc(Cl)cc2[N+](=O)[O-])cc1. The maximum Gasteiger partial charge on any atom is 0.417 e. The molecule has 2 rings (SSSR count). The van der Waals surface area contributed by atoms with Crippen molar-refractivity contribution in [2.75, 3.05) is 5.32 Å². The molecule has 8 heteroatoms. The van der Waals surface area contributed by atoms with Crippen molar-refractivity contribution < 1.29 is 19.2 Å². The molecule has 124 valence electrons. The molecule has 0 bridgehead atoms. The van der Waals surface area contributed by atoms with Crippen LogP contribution in [0.5, 0.6) is 5.75 Å². The lowest BCUT2D eigenvalue weighted by Gasteiger charge is -2.08. The van der Waals surface area contributed by atoms with Crippen molar-refractivity contribution in [2.45, 2.75) is 13.3 Å². The van der Waals surface area contributed by atoms with Gasteiger partial charge in [-0.05, 0) is 36.4 Å². The number of ketones is 1. The number of anilines is 1. The van der Waals surface area contributed by atoms with Crippen LogP contribution in [0.2, 0.25) is 5.02 Å². The summed E-state index contributed by atoms with van der Waals surface area (Å²) in [4.78, 5) is 33.7. The Hall–Kier alpha value is -2.93. The van der Waals surface area contributed by atoms with Gasteiger partial charge in [0.25, 0.3) is 5.69 Å². The number of hydrogen-bond acceptors (Lipinski definition) is 5. The summed E-state index contributed by atoms with van der Waals surface area (Å²) in [5, 5.41) is 13.4. The third-order valence-electron chi connectivity index (χ3n) is 3.10. The van der Waals surface area contributed by atoms with E-state index in [2.05, 4.69) is 5.32 Å². The lowest BCUT2D eigenvalue weighted by Crippen LogP contribution is -2.17. The number of rotatable bonds is 5. The molecule has 0 aliphatic carbocycles. The van der Waals surface area contributed by atoms with Gasteiger partial charge >= 0.3 is 6.09 Å². The fraction of sp³-hybridized carbons (Fsp3) is 0.125. The monoisotopic (exact) mass is 348 g/mol. The van der Waals surface area contributed by atoms with E-state index in [1.54, 1.807) is 19.1 Å². The van der Waals surface area contributed by atoms with E-state index in [0.717, 1.165) is 6.07 Å². The Balaban J connectivity index is 2.09. The summed E-state index contributed by atoms with van der Waals surface area (Å²) in [6.07, 6.45) is -0.518. The summed E-state index contributed by atoms with van der Waals surface area (Å²) in [6.45, 7) is 1.75. The molecule has 0 saturated carbocycles. The van der Waals surface area contributed by atoms with E-state index in [0.29, 0.717) is 12.0 Å². The molecule has 24 heavy (non-hydrogen) atoms. The average molecular weight is 349 g/mol. The molecule has 1 amide bonds. The number of amides is 1.